The van der Waals surface area contributed by atoms with Crippen molar-refractivity contribution in [2.75, 3.05) is 27.8 Å². The molecule has 1 unspecified atom stereocenters. The quantitative estimate of drug-likeness (QED) is 0.790. The summed E-state index contributed by atoms with van der Waals surface area (Å²) in [6, 6.07) is 3.96. The van der Waals surface area contributed by atoms with E-state index in [2.05, 4.69) is 5.32 Å². The van der Waals surface area contributed by atoms with Gasteiger partial charge in [0.25, 0.3) is 0 Å². The molecule has 16 heavy (non-hydrogen) atoms. The third kappa shape index (κ3) is 2.46. The van der Waals surface area contributed by atoms with E-state index < -0.39 is 0 Å². The number of rotatable bonds is 5. The molecule has 0 heterocycles. The van der Waals surface area contributed by atoms with Crippen molar-refractivity contribution in [2.45, 2.75) is 13.0 Å². The summed E-state index contributed by atoms with van der Waals surface area (Å²) in [5.74, 6) is 1.60. The van der Waals surface area contributed by atoms with Crippen molar-refractivity contribution in [3.63, 3.8) is 0 Å². The molecule has 3 N–H and O–H groups in total. The van der Waals surface area contributed by atoms with Gasteiger partial charge in [-0.05, 0) is 25.6 Å². The first-order chi connectivity index (χ1) is 7.67. The second-order valence-corrected chi connectivity index (χ2v) is 3.64. The summed E-state index contributed by atoms with van der Waals surface area (Å²) in [5, 5.41) is 3.18. The molecule has 0 radical (unpaired) electrons. The zero-order valence-corrected chi connectivity index (χ0v) is 10.3. The lowest BCUT2D eigenvalue weighted by atomic mass is 9.99. The van der Waals surface area contributed by atoms with Crippen LogP contribution in [0.1, 0.15) is 17.2 Å². The van der Waals surface area contributed by atoms with Gasteiger partial charge in [0.2, 0.25) is 0 Å². The fraction of sp³-hybridized carbons (Fsp3) is 0.500. The fourth-order valence-corrected chi connectivity index (χ4v) is 1.85. The fourth-order valence-electron chi connectivity index (χ4n) is 1.85. The zero-order chi connectivity index (χ0) is 12.1. The van der Waals surface area contributed by atoms with E-state index in [1.807, 2.05) is 26.1 Å². The normalized spacial score (nSPS) is 12.3. The molecule has 0 aromatic heterocycles. The van der Waals surface area contributed by atoms with E-state index in [0.717, 1.165) is 22.6 Å². The van der Waals surface area contributed by atoms with Crippen LogP contribution in [0, 0.1) is 6.92 Å². The summed E-state index contributed by atoms with van der Waals surface area (Å²) in [4.78, 5) is 0. The molecule has 0 fully saturated rings. The van der Waals surface area contributed by atoms with Gasteiger partial charge in [0, 0.05) is 24.2 Å². The molecule has 1 rings (SSSR count). The van der Waals surface area contributed by atoms with Crippen LogP contribution < -0.4 is 20.5 Å². The summed E-state index contributed by atoms with van der Waals surface area (Å²) in [6.07, 6.45) is 0. The van der Waals surface area contributed by atoms with Crippen LogP contribution in [-0.2, 0) is 0 Å². The second kappa shape index (κ2) is 5.72. The molecular weight excluding hydrogens is 204 g/mol. The first-order valence-electron chi connectivity index (χ1n) is 5.27. The maximum absolute atomic E-state index is 5.73. The number of hydrogen-bond donors (Lipinski definition) is 2. The smallest absolute Gasteiger partial charge is 0.127 e. The topological polar surface area (TPSA) is 56.5 Å². The Morgan fingerprint density at radius 3 is 2.44 bits per heavy atom. The number of hydrogen-bond acceptors (Lipinski definition) is 4. The van der Waals surface area contributed by atoms with Gasteiger partial charge >= 0.3 is 0 Å². The maximum atomic E-state index is 5.73. The highest BCUT2D eigenvalue weighted by atomic mass is 16.5. The van der Waals surface area contributed by atoms with Gasteiger partial charge in [-0.2, -0.15) is 0 Å². The van der Waals surface area contributed by atoms with E-state index in [-0.39, 0.29) is 6.04 Å². The van der Waals surface area contributed by atoms with Crippen LogP contribution in [-0.4, -0.2) is 27.8 Å². The molecule has 0 saturated carbocycles. The minimum atomic E-state index is 0.0980. The highest BCUT2D eigenvalue weighted by Gasteiger charge is 2.16. The molecule has 90 valence electrons. The van der Waals surface area contributed by atoms with Crippen molar-refractivity contribution >= 4 is 0 Å². The van der Waals surface area contributed by atoms with Crippen LogP contribution in [0.4, 0.5) is 0 Å². The largest absolute Gasteiger partial charge is 0.497 e. The van der Waals surface area contributed by atoms with Crippen LogP contribution in [0.3, 0.4) is 0 Å². The minimum absolute atomic E-state index is 0.0980. The minimum Gasteiger partial charge on any atom is -0.497 e. The van der Waals surface area contributed by atoms with E-state index in [1.54, 1.807) is 14.2 Å². The molecule has 1 atom stereocenters. The Kier molecular flexibility index (Phi) is 4.58. The number of likely N-dealkylation sites (N-methyl/N-ethyl adjacent to an activating group) is 1. The predicted octanol–water partition coefficient (Wildman–Crippen LogP) is 1.23. The van der Waals surface area contributed by atoms with Crippen LogP contribution in [0.5, 0.6) is 11.5 Å². The molecule has 1 aromatic rings. The van der Waals surface area contributed by atoms with Gasteiger partial charge < -0.3 is 20.5 Å². The van der Waals surface area contributed by atoms with Crippen molar-refractivity contribution in [2.24, 2.45) is 5.73 Å². The third-order valence-electron chi connectivity index (χ3n) is 2.71. The number of nitrogens with one attached hydrogen (secondary N) is 1. The van der Waals surface area contributed by atoms with Gasteiger partial charge in [-0.15, -0.1) is 0 Å². The highest BCUT2D eigenvalue weighted by molar-refractivity contribution is 5.48. The summed E-state index contributed by atoms with van der Waals surface area (Å²) in [7, 11) is 5.19. The Hall–Kier alpha value is -1.26. The van der Waals surface area contributed by atoms with Gasteiger partial charge in [-0.3, -0.25) is 0 Å². The molecule has 0 amide bonds. The lowest BCUT2D eigenvalue weighted by Crippen LogP contribution is -2.26. The summed E-state index contributed by atoms with van der Waals surface area (Å²) >= 11 is 0. The van der Waals surface area contributed by atoms with E-state index in [9.17, 15) is 0 Å². The summed E-state index contributed by atoms with van der Waals surface area (Å²) < 4.78 is 10.6. The molecule has 0 spiro atoms. The Morgan fingerprint density at radius 1 is 1.31 bits per heavy atom. The number of methoxy groups -OCH3 is 2. The SMILES string of the molecule is CNC(CN)c1c(C)cc(OC)cc1OC. The summed E-state index contributed by atoms with van der Waals surface area (Å²) in [5.41, 5.74) is 7.93. The van der Waals surface area contributed by atoms with Crippen molar-refractivity contribution in [3.05, 3.63) is 23.3 Å². The zero-order valence-electron chi connectivity index (χ0n) is 10.3. The van der Waals surface area contributed by atoms with E-state index >= 15 is 0 Å². The van der Waals surface area contributed by atoms with Gasteiger partial charge in [-0.25, -0.2) is 0 Å². The van der Waals surface area contributed by atoms with Crippen LogP contribution >= 0.6 is 0 Å². The predicted molar refractivity (Wildman–Crippen MR) is 65.1 cm³/mol. The van der Waals surface area contributed by atoms with Crippen molar-refractivity contribution in [1.82, 2.24) is 5.32 Å². The third-order valence-corrected chi connectivity index (χ3v) is 2.71. The first kappa shape index (κ1) is 12.8. The lowest BCUT2D eigenvalue weighted by Gasteiger charge is -2.20. The molecular formula is C12H20N2O2. The van der Waals surface area contributed by atoms with Gasteiger partial charge in [-0.1, -0.05) is 0 Å². The Labute approximate surface area is 96.7 Å². The Bertz CT molecular complexity index is 349. The molecule has 1 aromatic carbocycles. The van der Waals surface area contributed by atoms with Crippen LogP contribution in [0.15, 0.2) is 12.1 Å². The Balaban J connectivity index is 3.25. The Morgan fingerprint density at radius 2 is 2.00 bits per heavy atom. The lowest BCUT2D eigenvalue weighted by molar-refractivity contribution is 0.385. The van der Waals surface area contributed by atoms with Crippen LogP contribution in [0.25, 0.3) is 0 Å². The molecule has 0 aliphatic heterocycles. The number of nitrogens with two attached hydrogens (primary N) is 1. The van der Waals surface area contributed by atoms with Gasteiger partial charge in [0.05, 0.1) is 14.2 Å². The molecule has 0 aliphatic rings. The van der Waals surface area contributed by atoms with E-state index in [4.69, 9.17) is 15.2 Å². The summed E-state index contributed by atoms with van der Waals surface area (Å²) in [6.45, 7) is 2.56. The standard InChI is InChI=1S/C12H20N2O2/c1-8-5-9(15-3)6-11(16-4)12(8)10(7-13)14-2/h5-6,10,14H,7,13H2,1-4H3. The molecule has 4 nitrogen and oxygen atoms in total. The molecule has 0 bridgehead atoms. The van der Waals surface area contributed by atoms with E-state index in [1.165, 1.54) is 0 Å². The average Bonchev–Trinajstić information content (AvgIpc) is 2.31. The van der Waals surface area contributed by atoms with Crippen LogP contribution in [0.2, 0.25) is 0 Å². The number of ether oxygens (including phenoxy) is 2. The van der Waals surface area contributed by atoms with Crippen molar-refractivity contribution < 1.29 is 9.47 Å². The number of aryl methyl sites for hydroxylation is 1. The van der Waals surface area contributed by atoms with Crippen molar-refractivity contribution in [3.8, 4) is 11.5 Å². The molecule has 0 saturated heterocycles. The van der Waals surface area contributed by atoms with Crippen molar-refractivity contribution in [1.29, 1.82) is 0 Å². The monoisotopic (exact) mass is 224 g/mol. The van der Waals surface area contributed by atoms with Gasteiger partial charge in [0.1, 0.15) is 11.5 Å². The number of benzene rings is 1. The second-order valence-electron chi connectivity index (χ2n) is 3.64. The first-order valence-corrected chi connectivity index (χ1v) is 5.27. The molecule has 4 heteroatoms. The maximum Gasteiger partial charge on any atom is 0.127 e. The molecule has 0 aliphatic carbocycles. The highest BCUT2D eigenvalue weighted by Crippen LogP contribution is 2.32. The average molecular weight is 224 g/mol. The van der Waals surface area contributed by atoms with E-state index in [0.29, 0.717) is 6.54 Å². The van der Waals surface area contributed by atoms with Gasteiger partial charge in [0.15, 0.2) is 0 Å².